The third-order valence-corrected chi connectivity index (χ3v) is 9.30. The zero-order chi connectivity index (χ0) is 30.4. The van der Waals surface area contributed by atoms with Gasteiger partial charge in [-0.2, -0.15) is 0 Å². The monoisotopic (exact) mass is 585 g/mol. The van der Waals surface area contributed by atoms with Crippen molar-refractivity contribution in [3.63, 3.8) is 0 Å². The van der Waals surface area contributed by atoms with Gasteiger partial charge >= 0.3 is 0 Å². The van der Waals surface area contributed by atoms with Gasteiger partial charge in [-0.3, -0.25) is 0 Å². The molecule has 0 bridgehead atoms. The Morgan fingerprint density at radius 1 is 0.333 bits per heavy atom. The van der Waals surface area contributed by atoms with Crippen LogP contribution in [0.15, 0.2) is 37.0 Å². The van der Waals surface area contributed by atoms with Crippen molar-refractivity contribution in [1.82, 2.24) is 0 Å². The molecule has 42 heavy (non-hydrogen) atoms. The predicted octanol–water partition coefficient (Wildman–Crippen LogP) is 16.0. The first-order valence-corrected chi connectivity index (χ1v) is 19.7. The molecular weight excluding hydrogens is 504 g/mol. The van der Waals surface area contributed by atoms with Crippen LogP contribution in [0.5, 0.6) is 0 Å². The fourth-order valence-corrected chi connectivity index (χ4v) is 6.38. The summed E-state index contributed by atoms with van der Waals surface area (Å²) in [4.78, 5) is 0. The summed E-state index contributed by atoms with van der Waals surface area (Å²) in [6.45, 7) is 9.97. The van der Waals surface area contributed by atoms with Crippen LogP contribution in [0.1, 0.15) is 232 Å². The first-order valence-electron chi connectivity index (χ1n) is 19.7. The maximum Gasteiger partial charge on any atom is -0.0320 e. The highest BCUT2D eigenvalue weighted by Crippen LogP contribution is 2.21. The van der Waals surface area contributed by atoms with Gasteiger partial charge in [-0.1, -0.05) is 191 Å². The molecule has 0 amide bonds. The molecule has 248 valence electrons. The molecule has 0 aromatic rings. The Labute approximate surface area is 268 Å². The summed E-state index contributed by atoms with van der Waals surface area (Å²) in [7, 11) is 0. The molecule has 0 heteroatoms. The van der Waals surface area contributed by atoms with Gasteiger partial charge in [0.2, 0.25) is 0 Å². The van der Waals surface area contributed by atoms with Crippen LogP contribution < -0.4 is 0 Å². The smallest absolute Gasteiger partial charge is 0.0320 e. The van der Waals surface area contributed by atoms with Crippen LogP contribution in [0.3, 0.4) is 0 Å². The second-order valence-electron chi connectivity index (χ2n) is 13.6. The molecule has 0 rings (SSSR count). The second-order valence-corrected chi connectivity index (χ2v) is 13.6. The normalized spacial score (nSPS) is 11.8. The Hall–Kier alpha value is -0.780. The topological polar surface area (TPSA) is 0 Å². The molecular formula is C42H80. The first-order chi connectivity index (χ1) is 20.8. The summed E-state index contributed by atoms with van der Waals surface area (Å²) in [5, 5.41) is 0. The molecule has 0 aliphatic heterocycles. The van der Waals surface area contributed by atoms with Crippen molar-refractivity contribution in [2.45, 2.75) is 232 Å². The highest BCUT2D eigenvalue weighted by molar-refractivity contribution is 5.02. The van der Waals surface area contributed by atoms with Crippen molar-refractivity contribution >= 4 is 0 Å². The van der Waals surface area contributed by atoms with E-state index < -0.39 is 0 Å². The van der Waals surface area contributed by atoms with Gasteiger partial charge in [0, 0.05) is 0 Å². The van der Waals surface area contributed by atoms with Crippen LogP contribution in [0.25, 0.3) is 0 Å². The quantitative estimate of drug-likeness (QED) is 0.0503. The van der Waals surface area contributed by atoms with Crippen LogP contribution in [0, 0.1) is 0 Å². The summed E-state index contributed by atoms with van der Waals surface area (Å²) in [6, 6.07) is 0. The van der Waals surface area contributed by atoms with E-state index in [4.69, 9.17) is 0 Å². The Bertz CT molecular complexity index is 540. The van der Waals surface area contributed by atoms with Crippen molar-refractivity contribution in [1.29, 1.82) is 0 Å². The number of hydrogen-bond donors (Lipinski definition) is 0. The maximum absolute atomic E-state index is 3.83. The van der Waals surface area contributed by atoms with Crippen LogP contribution in [-0.2, 0) is 0 Å². The number of unbranched alkanes of at least 4 members (excludes halogenated alkanes) is 30. The molecule has 0 spiro atoms. The van der Waals surface area contributed by atoms with E-state index in [1.54, 1.807) is 0 Å². The van der Waals surface area contributed by atoms with Crippen LogP contribution >= 0.6 is 0 Å². The molecule has 0 aromatic heterocycles. The Balaban J connectivity index is 3.94. The fourth-order valence-electron chi connectivity index (χ4n) is 6.38. The standard InChI is InChI=1S/C42H80/c1-4-7-10-13-16-19-21-23-24-26-29-32-35-38-41-42(39-36-33-30-27-18-15-12-9-6-3)40-37-34-31-28-25-22-20-17-14-11-8-5-2/h4-5,39H,1-2,6-38,40-41H2,3H3. The highest BCUT2D eigenvalue weighted by Gasteiger charge is 2.01. The van der Waals surface area contributed by atoms with Gasteiger partial charge in [0.25, 0.3) is 0 Å². The lowest BCUT2D eigenvalue weighted by Crippen LogP contribution is -1.89. The molecule has 0 heterocycles. The van der Waals surface area contributed by atoms with Crippen molar-refractivity contribution in [2.24, 2.45) is 0 Å². The second kappa shape index (κ2) is 38.2. The number of rotatable bonds is 37. The molecule has 0 N–H and O–H groups in total. The molecule has 0 unspecified atom stereocenters. The minimum absolute atomic E-state index is 1.20. The molecule has 0 aliphatic carbocycles. The van der Waals surface area contributed by atoms with Crippen LogP contribution in [0.4, 0.5) is 0 Å². The zero-order valence-electron chi connectivity index (χ0n) is 29.4. The number of hydrogen-bond acceptors (Lipinski definition) is 0. The minimum Gasteiger partial charge on any atom is -0.103 e. The molecule has 0 atom stereocenters. The van der Waals surface area contributed by atoms with E-state index in [-0.39, 0.29) is 0 Å². The average molecular weight is 585 g/mol. The van der Waals surface area contributed by atoms with Crippen molar-refractivity contribution in [2.75, 3.05) is 0 Å². The molecule has 0 radical (unpaired) electrons. The van der Waals surface area contributed by atoms with Crippen LogP contribution in [0.2, 0.25) is 0 Å². The summed E-state index contributed by atoms with van der Waals surface area (Å²) in [5.74, 6) is 0. The average Bonchev–Trinajstić information content (AvgIpc) is 3.00. The molecule has 0 aliphatic rings. The molecule has 0 nitrogen and oxygen atoms in total. The summed E-state index contributed by atoms with van der Waals surface area (Å²) >= 11 is 0. The largest absolute Gasteiger partial charge is 0.103 e. The van der Waals surface area contributed by atoms with E-state index in [9.17, 15) is 0 Å². The van der Waals surface area contributed by atoms with Crippen molar-refractivity contribution in [3.8, 4) is 0 Å². The van der Waals surface area contributed by atoms with Gasteiger partial charge in [-0.25, -0.2) is 0 Å². The van der Waals surface area contributed by atoms with E-state index in [0.717, 1.165) is 0 Å². The van der Waals surface area contributed by atoms with E-state index in [1.807, 2.05) is 5.57 Å². The molecule has 0 fully saturated rings. The molecule has 0 saturated heterocycles. The fraction of sp³-hybridized carbons (Fsp3) is 0.857. The predicted molar refractivity (Wildman–Crippen MR) is 196 cm³/mol. The third kappa shape index (κ3) is 35.4. The van der Waals surface area contributed by atoms with Gasteiger partial charge in [-0.05, 0) is 64.2 Å². The number of allylic oxidation sites excluding steroid dienone is 4. The SMILES string of the molecule is C=CCCCCCCCCCCCCCCC(=CCCCCCCCCCC)CCCCCCCCCCCCC=C. The van der Waals surface area contributed by atoms with E-state index >= 15 is 0 Å². The Kier molecular flexibility index (Phi) is 37.5. The van der Waals surface area contributed by atoms with Gasteiger partial charge in [0.1, 0.15) is 0 Å². The van der Waals surface area contributed by atoms with Gasteiger partial charge < -0.3 is 0 Å². The van der Waals surface area contributed by atoms with E-state index in [1.165, 1.54) is 225 Å². The molecule has 0 saturated carbocycles. The maximum atomic E-state index is 3.83. The van der Waals surface area contributed by atoms with Gasteiger partial charge in [0.05, 0.1) is 0 Å². The highest BCUT2D eigenvalue weighted by atomic mass is 14.1. The van der Waals surface area contributed by atoms with Crippen LogP contribution in [-0.4, -0.2) is 0 Å². The lowest BCUT2D eigenvalue weighted by molar-refractivity contribution is 0.537. The first kappa shape index (κ1) is 41.2. The summed E-state index contributed by atoms with van der Waals surface area (Å²) in [5.41, 5.74) is 1.81. The summed E-state index contributed by atoms with van der Waals surface area (Å²) < 4.78 is 0. The van der Waals surface area contributed by atoms with Gasteiger partial charge in [0.15, 0.2) is 0 Å². The third-order valence-electron chi connectivity index (χ3n) is 9.30. The van der Waals surface area contributed by atoms with Crippen molar-refractivity contribution in [3.05, 3.63) is 37.0 Å². The van der Waals surface area contributed by atoms with Gasteiger partial charge in [-0.15, -0.1) is 13.2 Å². The Morgan fingerprint density at radius 2 is 0.595 bits per heavy atom. The van der Waals surface area contributed by atoms with Crippen molar-refractivity contribution < 1.29 is 0 Å². The van der Waals surface area contributed by atoms with E-state index in [2.05, 4.69) is 38.3 Å². The lowest BCUT2D eigenvalue weighted by Gasteiger charge is -2.09. The lowest BCUT2D eigenvalue weighted by atomic mass is 9.97. The Morgan fingerprint density at radius 3 is 0.905 bits per heavy atom. The minimum atomic E-state index is 1.20. The van der Waals surface area contributed by atoms with E-state index in [0.29, 0.717) is 0 Å². The molecule has 0 aromatic carbocycles. The summed E-state index contributed by atoms with van der Waals surface area (Å²) in [6.07, 6.45) is 56.4. The zero-order valence-corrected chi connectivity index (χ0v) is 29.4.